The largest absolute Gasteiger partial charge is 0.493 e. The predicted octanol–water partition coefficient (Wildman–Crippen LogP) is 4.89. The lowest BCUT2D eigenvalue weighted by molar-refractivity contribution is -0.385. The lowest BCUT2D eigenvalue weighted by Gasteiger charge is -2.36. The number of anilines is 1. The van der Waals surface area contributed by atoms with Crippen LogP contribution in [0, 0.1) is 10.1 Å². The van der Waals surface area contributed by atoms with E-state index < -0.39 is 10.9 Å². The fourth-order valence-electron chi connectivity index (χ4n) is 4.17. The summed E-state index contributed by atoms with van der Waals surface area (Å²) < 4.78 is 7.03. The summed E-state index contributed by atoms with van der Waals surface area (Å²) in [5.74, 6) is -0.744. The summed E-state index contributed by atoms with van der Waals surface area (Å²) in [5, 5.41) is 23.5. The number of carbonyl (C=O) groups is 1. The number of piperazine rings is 1. The zero-order valence-electron chi connectivity index (χ0n) is 18.8. The van der Waals surface area contributed by atoms with Crippen LogP contribution >= 0.6 is 11.3 Å². The van der Waals surface area contributed by atoms with Gasteiger partial charge in [-0.2, -0.15) is 0 Å². The van der Waals surface area contributed by atoms with Crippen LogP contribution in [-0.2, 0) is 4.79 Å². The number of rotatable bonds is 10. The van der Waals surface area contributed by atoms with Gasteiger partial charge in [0.25, 0.3) is 5.69 Å². The number of hydrogen-bond acceptors (Lipinski definition) is 7. The molecular formula is C25H27N3O5S. The first-order valence-corrected chi connectivity index (χ1v) is 12.1. The first-order valence-electron chi connectivity index (χ1n) is 11.3. The van der Waals surface area contributed by atoms with Crippen molar-refractivity contribution in [1.29, 1.82) is 0 Å². The molecule has 1 N–H and O–H groups in total. The minimum atomic E-state index is -1.16. The van der Waals surface area contributed by atoms with Crippen molar-refractivity contribution in [2.45, 2.75) is 12.8 Å². The SMILES string of the molecule is O=C(O)/C=C\c1ccc(OCCCCN2CCN(c3cccc4sccc34)CC2)cc1[N+](=O)[O-]. The number of nitrogens with zero attached hydrogens (tertiary/aromatic N) is 3. The van der Waals surface area contributed by atoms with Gasteiger partial charge in [0.1, 0.15) is 5.75 Å². The van der Waals surface area contributed by atoms with Gasteiger partial charge in [0, 0.05) is 48.0 Å². The smallest absolute Gasteiger partial charge is 0.328 e. The first kappa shape index (κ1) is 23.7. The molecule has 34 heavy (non-hydrogen) atoms. The fraction of sp³-hybridized carbons (Fsp3) is 0.320. The Balaban J connectivity index is 1.20. The lowest BCUT2D eigenvalue weighted by atomic mass is 10.1. The van der Waals surface area contributed by atoms with Crippen molar-refractivity contribution in [2.75, 3.05) is 44.2 Å². The fourth-order valence-corrected chi connectivity index (χ4v) is 4.97. The number of ether oxygens (including phenoxy) is 1. The molecule has 0 saturated carbocycles. The van der Waals surface area contributed by atoms with Crippen molar-refractivity contribution in [3.05, 3.63) is 69.6 Å². The Labute approximate surface area is 201 Å². The Bertz CT molecular complexity index is 1180. The monoisotopic (exact) mass is 481 g/mol. The zero-order valence-corrected chi connectivity index (χ0v) is 19.6. The van der Waals surface area contributed by atoms with E-state index >= 15 is 0 Å². The number of carboxylic acid groups (broad SMARTS) is 1. The summed E-state index contributed by atoms with van der Waals surface area (Å²) in [4.78, 5) is 26.4. The molecule has 0 amide bonds. The van der Waals surface area contributed by atoms with Crippen LogP contribution < -0.4 is 9.64 Å². The maximum Gasteiger partial charge on any atom is 0.328 e. The van der Waals surface area contributed by atoms with E-state index in [1.54, 1.807) is 17.4 Å². The van der Waals surface area contributed by atoms with E-state index in [-0.39, 0.29) is 11.3 Å². The van der Waals surface area contributed by atoms with Gasteiger partial charge in [0.2, 0.25) is 0 Å². The summed E-state index contributed by atoms with van der Waals surface area (Å²) in [6.07, 6.45) is 3.93. The van der Waals surface area contributed by atoms with Crippen molar-refractivity contribution >= 4 is 44.8 Å². The number of carboxylic acids is 1. The number of fused-ring (bicyclic) bond motifs is 1. The van der Waals surface area contributed by atoms with Crippen LogP contribution in [0.15, 0.2) is 53.9 Å². The summed E-state index contributed by atoms with van der Waals surface area (Å²) in [6.45, 7) is 5.55. The van der Waals surface area contributed by atoms with Crippen molar-refractivity contribution < 1.29 is 19.6 Å². The molecule has 1 aromatic heterocycles. The molecule has 2 heterocycles. The minimum Gasteiger partial charge on any atom is -0.493 e. The Hall–Kier alpha value is -3.43. The molecule has 8 nitrogen and oxygen atoms in total. The molecule has 1 aliphatic rings. The minimum absolute atomic E-state index is 0.175. The van der Waals surface area contributed by atoms with E-state index in [2.05, 4.69) is 39.4 Å². The molecule has 4 rings (SSSR count). The van der Waals surface area contributed by atoms with Gasteiger partial charge in [-0.1, -0.05) is 6.07 Å². The zero-order chi connectivity index (χ0) is 23.9. The molecule has 0 radical (unpaired) electrons. The molecular weight excluding hydrogens is 454 g/mol. The van der Waals surface area contributed by atoms with Crippen LogP contribution in [-0.4, -0.2) is 60.2 Å². The van der Waals surface area contributed by atoms with Crippen LogP contribution in [0.3, 0.4) is 0 Å². The van der Waals surface area contributed by atoms with Gasteiger partial charge in [-0.15, -0.1) is 11.3 Å². The predicted molar refractivity (Wildman–Crippen MR) is 135 cm³/mol. The van der Waals surface area contributed by atoms with Crippen LogP contribution in [0.2, 0.25) is 0 Å². The standard InChI is InChI=1S/C25H27N3O5S/c29-25(30)9-7-19-6-8-20(18-23(19)28(31)32)33-16-2-1-11-26-12-14-27(15-13-26)22-4-3-5-24-21(22)10-17-34-24/h3-10,17-18H,1-2,11-16H2,(H,29,30)/b9-7-. The van der Waals surface area contributed by atoms with Crippen LogP contribution in [0.1, 0.15) is 18.4 Å². The van der Waals surface area contributed by atoms with Gasteiger partial charge < -0.3 is 14.7 Å². The Morgan fingerprint density at radius 2 is 1.97 bits per heavy atom. The molecule has 0 spiro atoms. The maximum atomic E-state index is 11.3. The summed E-state index contributed by atoms with van der Waals surface area (Å²) in [5.41, 5.74) is 1.38. The van der Waals surface area contributed by atoms with Crippen molar-refractivity contribution in [1.82, 2.24) is 4.90 Å². The Morgan fingerprint density at radius 3 is 2.74 bits per heavy atom. The van der Waals surface area contributed by atoms with E-state index in [0.717, 1.165) is 51.6 Å². The molecule has 1 aliphatic heterocycles. The Morgan fingerprint density at radius 1 is 1.15 bits per heavy atom. The second kappa shape index (κ2) is 11.1. The topological polar surface area (TPSA) is 96.2 Å². The highest BCUT2D eigenvalue weighted by Crippen LogP contribution is 2.31. The molecule has 0 bridgehead atoms. The van der Waals surface area contributed by atoms with E-state index in [1.165, 1.54) is 34.0 Å². The summed E-state index contributed by atoms with van der Waals surface area (Å²) in [6, 6.07) is 13.2. The average molecular weight is 482 g/mol. The molecule has 3 aromatic rings. The highest BCUT2D eigenvalue weighted by molar-refractivity contribution is 7.17. The third kappa shape index (κ3) is 5.92. The van der Waals surface area contributed by atoms with Crippen molar-refractivity contribution in [3.63, 3.8) is 0 Å². The molecule has 0 unspecified atom stereocenters. The summed E-state index contributed by atoms with van der Waals surface area (Å²) in [7, 11) is 0. The first-order chi connectivity index (χ1) is 16.5. The molecule has 0 atom stereocenters. The van der Waals surface area contributed by atoms with Gasteiger partial charge in [-0.3, -0.25) is 15.0 Å². The number of nitro groups is 1. The van der Waals surface area contributed by atoms with Crippen molar-refractivity contribution in [3.8, 4) is 5.75 Å². The van der Waals surface area contributed by atoms with Crippen LogP contribution in [0.4, 0.5) is 11.4 Å². The van der Waals surface area contributed by atoms with E-state index in [9.17, 15) is 14.9 Å². The molecule has 1 fully saturated rings. The number of benzene rings is 2. The van der Waals surface area contributed by atoms with Crippen molar-refractivity contribution in [2.24, 2.45) is 0 Å². The quantitative estimate of drug-likeness (QED) is 0.191. The molecule has 9 heteroatoms. The summed E-state index contributed by atoms with van der Waals surface area (Å²) >= 11 is 1.78. The highest BCUT2D eigenvalue weighted by atomic mass is 32.1. The normalized spacial score (nSPS) is 14.6. The van der Waals surface area contributed by atoms with Gasteiger partial charge in [0.05, 0.1) is 23.2 Å². The number of unbranched alkanes of at least 4 members (excludes halogenated alkanes) is 1. The second-order valence-electron chi connectivity index (χ2n) is 8.14. The number of aliphatic carboxylic acids is 1. The van der Waals surface area contributed by atoms with E-state index in [0.29, 0.717) is 12.4 Å². The maximum absolute atomic E-state index is 11.3. The third-order valence-electron chi connectivity index (χ3n) is 5.93. The van der Waals surface area contributed by atoms with Gasteiger partial charge >= 0.3 is 5.97 Å². The van der Waals surface area contributed by atoms with Gasteiger partial charge in [-0.05, 0) is 61.2 Å². The van der Waals surface area contributed by atoms with E-state index in [1.807, 2.05) is 0 Å². The van der Waals surface area contributed by atoms with Crippen LogP contribution in [0.5, 0.6) is 5.75 Å². The van der Waals surface area contributed by atoms with Crippen LogP contribution in [0.25, 0.3) is 16.2 Å². The number of hydrogen-bond donors (Lipinski definition) is 1. The third-order valence-corrected chi connectivity index (χ3v) is 6.81. The molecule has 2 aromatic carbocycles. The van der Waals surface area contributed by atoms with Gasteiger partial charge in [-0.25, -0.2) is 4.79 Å². The number of thiophene rings is 1. The Kier molecular flexibility index (Phi) is 7.76. The average Bonchev–Trinajstić information content (AvgIpc) is 3.32. The van der Waals surface area contributed by atoms with E-state index in [4.69, 9.17) is 9.84 Å². The number of nitro benzene ring substituents is 1. The molecule has 1 saturated heterocycles. The van der Waals surface area contributed by atoms with Gasteiger partial charge in [0.15, 0.2) is 0 Å². The highest BCUT2D eigenvalue weighted by Gasteiger charge is 2.18. The molecule has 178 valence electrons. The molecule has 0 aliphatic carbocycles. The second-order valence-corrected chi connectivity index (χ2v) is 9.09. The lowest BCUT2D eigenvalue weighted by Crippen LogP contribution is -2.46.